The molecule has 1 amide bonds. The second-order valence-corrected chi connectivity index (χ2v) is 8.15. The number of likely N-dealkylation sites (tertiary alicyclic amines) is 1. The molecule has 6 nitrogen and oxygen atoms in total. The Labute approximate surface area is 185 Å². The average molecular weight is 426 g/mol. The SMILES string of the molecule is C[C@@H]1Cc2cc(C(O)=C3C(=O)C(=O)N(Cc4ccccc4)[C@H]3c3ccncc3)ccc2O1. The van der Waals surface area contributed by atoms with Gasteiger partial charge in [0, 0.05) is 30.9 Å². The normalized spacial score (nSPS) is 21.5. The first-order valence-corrected chi connectivity index (χ1v) is 10.5. The number of benzene rings is 2. The minimum atomic E-state index is -0.707. The number of hydrogen-bond acceptors (Lipinski definition) is 5. The zero-order valence-electron chi connectivity index (χ0n) is 17.6. The Kier molecular flexibility index (Phi) is 4.98. The lowest BCUT2D eigenvalue weighted by molar-refractivity contribution is -0.140. The molecule has 2 atom stereocenters. The maximum Gasteiger partial charge on any atom is 0.295 e. The van der Waals surface area contributed by atoms with Crippen LogP contribution in [0.1, 0.15) is 35.2 Å². The molecule has 1 saturated heterocycles. The van der Waals surface area contributed by atoms with Crippen LogP contribution in [0.5, 0.6) is 5.75 Å². The van der Waals surface area contributed by atoms with Gasteiger partial charge in [0.25, 0.3) is 11.7 Å². The summed E-state index contributed by atoms with van der Waals surface area (Å²) in [5.74, 6) is -0.715. The van der Waals surface area contributed by atoms with Crippen molar-refractivity contribution in [3.05, 3.63) is 101 Å². The second kappa shape index (κ2) is 7.96. The number of hydrogen-bond donors (Lipinski definition) is 1. The van der Waals surface area contributed by atoms with E-state index in [0.29, 0.717) is 5.56 Å². The minimum absolute atomic E-state index is 0.0654. The van der Waals surface area contributed by atoms with Gasteiger partial charge in [-0.3, -0.25) is 14.6 Å². The van der Waals surface area contributed by atoms with Gasteiger partial charge in [0.05, 0.1) is 11.6 Å². The van der Waals surface area contributed by atoms with Crippen molar-refractivity contribution in [3.63, 3.8) is 0 Å². The Morgan fingerprint density at radius 1 is 1.09 bits per heavy atom. The van der Waals surface area contributed by atoms with Gasteiger partial charge in [-0.1, -0.05) is 30.3 Å². The van der Waals surface area contributed by atoms with Crippen LogP contribution in [-0.2, 0) is 22.6 Å². The molecule has 1 N–H and O–H groups in total. The van der Waals surface area contributed by atoms with Crippen LogP contribution in [0.25, 0.3) is 5.76 Å². The number of aliphatic hydroxyl groups excluding tert-OH is 1. The number of carbonyl (C=O) groups is 2. The summed E-state index contributed by atoms with van der Waals surface area (Å²) in [6.07, 6.45) is 4.03. The van der Waals surface area contributed by atoms with E-state index in [0.717, 1.165) is 28.9 Å². The van der Waals surface area contributed by atoms with Crippen LogP contribution < -0.4 is 4.74 Å². The number of amides is 1. The quantitative estimate of drug-likeness (QED) is 0.387. The van der Waals surface area contributed by atoms with Gasteiger partial charge in [-0.05, 0) is 53.9 Å². The number of carbonyl (C=O) groups excluding carboxylic acids is 2. The predicted molar refractivity (Wildman–Crippen MR) is 119 cm³/mol. The lowest BCUT2D eigenvalue weighted by Gasteiger charge is -2.25. The molecule has 6 heteroatoms. The van der Waals surface area contributed by atoms with Crippen molar-refractivity contribution in [2.75, 3.05) is 0 Å². The lowest BCUT2D eigenvalue weighted by Crippen LogP contribution is -2.29. The van der Waals surface area contributed by atoms with Gasteiger partial charge in [0.15, 0.2) is 0 Å². The van der Waals surface area contributed by atoms with E-state index in [9.17, 15) is 14.7 Å². The Bertz CT molecular complexity index is 1220. The van der Waals surface area contributed by atoms with E-state index >= 15 is 0 Å². The molecule has 5 rings (SSSR count). The van der Waals surface area contributed by atoms with E-state index in [1.807, 2.05) is 43.3 Å². The number of nitrogens with zero attached hydrogens (tertiary/aromatic N) is 2. The largest absolute Gasteiger partial charge is 0.507 e. The summed E-state index contributed by atoms with van der Waals surface area (Å²) in [5.41, 5.74) is 3.18. The van der Waals surface area contributed by atoms with Crippen LogP contribution in [-0.4, -0.2) is 32.8 Å². The number of aromatic nitrogens is 1. The summed E-state index contributed by atoms with van der Waals surface area (Å²) in [6, 6.07) is 17.7. The Hall–Kier alpha value is -3.93. The third-order valence-corrected chi connectivity index (χ3v) is 5.93. The first-order chi connectivity index (χ1) is 15.5. The average Bonchev–Trinajstić information content (AvgIpc) is 3.31. The number of aliphatic hydroxyl groups is 1. The highest BCUT2D eigenvalue weighted by Crippen LogP contribution is 2.41. The first-order valence-electron chi connectivity index (χ1n) is 10.5. The molecule has 1 aromatic heterocycles. The summed E-state index contributed by atoms with van der Waals surface area (Å²) >= 11 is 0. The van der Waals surface area contributed by atoms with Crippen molar-refractivity contribution in [1.82, 2.24) is 9.88 Å². The Morgan fingerprint density at radius 3 is 2.59 bits per heavy atom. The first kappa shape index (κ1) is 20.0. The van der Waals surface area contributed by atoms with Crippen LogP contribution in [0.3, 0.4) is 0 Å². The molecule has 3 heterocycles. The van der Waals surface area contributed by atoms with Gasteiger partial charge in [-0.15, -0.1) is 0 Å². The van der Waals surface area contributed by atoms with Crippen molar-refractivity contribution in [1.29, 1.82) is 0 Å². The molecule has 0 spiro atoms. The van der Waals surface area contributed by atoms with Gasteiger partial charge in [0.1, 0.15) is 17.6 Å². The highest BCUT2D eigenvalue weighted by atomic mass is 16.5. The lowest BCUT2D eigenvalue weighted by atomic mass is 9.95. The molecule has 2 aliphatic heterocycles. The van der Waals surface area contributed by atoms with Crippen molar-refractivity contribution in [2.45, 2.75) is 32.0 Å². The standard InChI is InChI=1S/C26H22N2O4/c1-16-13-20-14-19(7-8-21(20)32-16)24(29)22-23(18-9-11-27-12-10-18)28(26(31)25(22)30)15-17-5-3-2-4-6-17/h2-12,14,16,23,29H,13,15H2,1H3/t16-,23+/m1/s1. The fraction of sp³-hybridized carbons (Fsp3) is 0.192. The third-order valence-electron chi connectivity index (χ3n) is 5.93. The molecular weight excluding hydrogens is 404 g/mol. The predicted octanol–water partition coefficient (Wildman–Crippen LogP) is 4.03. The molecule has 1 fully saturated rings. The van der Waals surface area contributed by atoms with Crippen LogP contribution in [0.15, 0.2) is 78.6 Å². The van der Waals surface area contributed by atoms with E-state index in [2.05, 4.69) is 4.98 Å². The Balaban J connectivity index is 1.62. The number of pyridine rings is 1. The van der Waals surface area contributed by atoms with Gasteiger partial charge in [0.2, 0.25) is 0 Å². The molecule has 2 aromatic carbocycles. The van der Waals surface area contributed by atoms with E-state index in [1.165, 1.54) is 4.90 Å². The number of rotatable bonds is 4. The third kappa shape index (κ3) is 3.43. The summed E-state index contributed by atoms with van der Waals surface area (Å²) in [4.78, 5) is 31.8. The summed E-state index contributed by atoms with van der Waals surface area (Å²) in [7, 11) is 0. The zero-order valence-corrected chi connectivity index (χ0v) is 17.6. The van der Waals surface area contributed by atoms with Crippen LogP contribution in [0, 0.1) is 0 Å². The number of Topliss-reactive ketones (excluding diaryl/α,β-unsaturated/α-hetero) is 1. The molecular formula is C26H22N2O4. The fourth-order valence-corrected chi connectivity index (χ4v) is 4.44. The number of ether oxygens (including phenoxy) is 1. The molecule has 0 aliphatic carbocycles. The molecule has 0 bridgehead atoms. The van der Waals surface area contributed by atoms with Crippen LogP contribution >= 0.6 is 0 Å². The van der Waals surface area contributed by atoms with E-state index in [1.54, 1.807) is 36.7 Å². The van der Waals surface area contributed by atoms with Crippen molar-refractivity contribution in [3.8, 4) is 5.75 Å². The molecule has 160 valence electrons. The van der Waals surface area contributed by atoms with Crippen LogP contribution in [0.2, 0.25) is 0 Å². The Morgan fingerprint density at radius 2 is 1.84 bits per heavy atom. The zero-order chi connectivity index (χ0) is 22.2. The van der Waals surface area contributed by atoms with Crippen LogP contribution in [0.4, 0.5) is 0 Å². The monoisotopic (exact) mass is 426 g/mol. The van der Waals surface area contributed by atoms with E-state index in [4.69, 9.17) is 4.74 Å². The van der Waals surface area contributed by atoms with E-state index in [-0.39, 0.29) is 24.0 Å². The highest BCUT2D eigenvalue weighted by Gasteiger charge is 2.46. The number of fused-ring (bicyclic) bond motifs is 1. The highest BCUT2D eigenvalue weighted by molar-refractivity contribution is 6.46. The van der Waals surface area contributed by atoms with E-state index < -0.39 is 17.7 Å². The summed E-state index contributed by atoms with van der Waals surface area (Å²) < 4.78 is 5.75. The van der Waals surface area contributed by atoms with Gasteiger partial charge < -0.3 is 14.7 Å². The van der Waals surface area contributed by atoms with Gasteiger partial charge >= 0.3 is 0 Å². The molecule has 3 aromatic rings. The van der Waals surface area contributed by atoms with Gasteiger partial charge in [-0.25, -0.2) is 0 Å². The topological polar surface area (TPSA) is 79.7 Å². The fourth-order valence-electron chi connectivity index (χ4n) is 4.44. The summed E-state index contributed by atoms with van der Waals surface area (Å²) in [5, 5.41) is 11.2. The second-order valence-electron chi connectivity index (χ2n) is 8.15. The van der Waals surface area contributed by atoms with Crippen molar-refractivity contribution >= 4 is 17.4 Å². The maximum atomic E-state index is 13.1. The van der Waals surface area contributed by atoms with Crippen molar-refractivity contribution < 1.29 is 19.4 Å². The maximum absolute atomic E-state index is 13.1. The van der Waals surface area contributed by atoms with Gasteiger partial charge in [-0.2, -0.15) is 0 Å². The molecule has 0 radical (unpaired) electrons. The molecule has 0 unspecified atom stereocenters. The number of ketones is 1. The minimum Gasteiger partial charge on any atom is -0.507 e. The molecule has 0 saturated carbocycles. The smallest absolute Gasteiger partial charge is 0.295 e. The molecule has 32 heavy (non-hydrogen) atoms. The van der Waals surface area contributed by atoms with Crippen molar-refractivity contribution in [2.24, 2.45) is 0 Å². The summed E-state index contributed by atoms with van der Waals surface area (Å²) in [6.45, 7) is 2.24. The molecule has 2 aliphatic rings.